The summed E-state index contributed by atoms with van der Waals surface area (Å²) in [6, 6.07) is 12.6. The Morgan fingerprint density at radius 3 is 2.56 bits per heavy atom. The fourth-order valence-electron chi connectivity index (χ4n) is 4.44. The van der Waals surface area contributed by atoms with Crippen LogP contribution in [-0.2, 0) is 4.79 Å². The molecule has 3 aromatic rings. The van der Waals surface area contributed by atoms with Crippen LogP contribution in [0.5, 0.6) is 0 Å². The Bertz CT molecular complexity index is 1460. The number of ketones is 1. The van der Waals surface area contributed by atoms with Crippen LogP contribution in [0, 0.1) is 11.2 Å². The normalized spacial score (nSPS) is 20.1. The van der Waals surface area contributed by atoms with Crippen LogP contribution in [0.2, 0.25) is 5.02 Å². The number of fused-ring (bicyclic) bond motifs is 1. The number of nitrogens with zero attached hydrogens (tertiary/aromatic N) is 2. The number of carbonyl (C=O) groups excluding carboxylic acids is 1. The highest BCUT2D eigenvalue weighted by Crippen LogP contribution is 2.43. The molecule has 32 heavy (non-hydrogen) atoms. The third-order valence-electron chi connectivity index (χ3n) is 5.87. The first kappa shape index (κ1) is 21.0. The minimum atomic E-state index is -0.626. The van der Waals surface area contributed by atoms with E-state index in [-0.39, 0.29) is 22.6 Å². The van der Waals surface area contributed by atoms with Gasteiger partial charge in [-0.1, -0.05) is 67.1 Å². The molecule has 1 aromatic heterocycles. The molecule has 0 amide bonds. The van der Waals surface area contributed by atoms with E-state index in [1.54, 1.807) is 28.8 Å². The minimum absolute atomic E-state index is 0.0188. The standard InChI is InChI=1S/C25H20ClFN2O2S/c1-25(2)12-18-21(19(30)13-25)22(14-7-9-16(27)10-8-14)29-23(31)20(32-24(29)28-18)11-15-5-3-4-6-17(15)26/h3-11,22H,12-13H2,1-2H3. The molecule has 1 aliphatic heterocycles. The van der Waals surface area contributed by atoms with Gasteiger partial charge in [-0.05, 0) is 47.2 Å². The van der Waals surface area contributed by atoms with Gasteiger partial charge in [0.1, 0.15) is 5.82 Å². The number of allylic oxidation sites excluding steroid dienone is 2. The number of hydrogen-bond acceptors (Lipinski definition) is 4. The van der Waals surface area contributed by atoms with Crippen LogP contribution in [0.3, 0.4) is 0 Å². The predicted molar refractivity (Wildman–Crippen MR) is 124 cm³/mol. The van der Waals surface area contributed by atoms with Crippen LogP contribution in [0.4, 0.5) is 4.39 Å². The Balaban J connectivity index is 1.78. The van der Waals surface area contributed by atoms with Gasteiger partial charge < -0.3 is 0 Å². The van der Waals surface area contributed by atoms with Gasteiger partial charge in [-0.25, -0.2) is 9.38 Å². The molecule has 0 saturated carbocycles. The van der Waals surface area contributed by atoms with E-state index in [1.165, 1.54) is 23.5 Å². The van der Waals surface area contributed by atoms with Crippen molar-refractivity contribution >= 4 is 34.8 Å². The fraction of sp³-hybridized carbons (Fsp3) is 0.240. The Morgan fingerprint density at radius 2 is 1.84 bits per heavy atom. The third kappa shape index (κ3) is 3.57. The number of carbonyl (C=O) groups is 1. The van der Waals surface area contributed by atoms with Gasteiger partial charge in [-0.3, -0.25) is 14.2 Å². The Morgan fingerprint density at radius 1 is 1.12 bits per heavy atom. The lowest BCUT2D eigenvalue weighted by Gasteiger charge is -2.35. The van der Waals surface area contributed by atoms with Gasteiger partial charge in [0, 0.05) is 17.0 Å². The first-order valence-corrected chi connectivity index (χ1v) is 11.5. The van der Waals surface area contributed by atoms with Gasteiger partial charge in [0.2, 0.25) is 0 Å². The number of hydrogen-bond donors (Lipinski definition) is 0. The van der Waals surface area contributed by atoms with Crippen LogP contribution in [0.1, 0.15) is 43.9 Å². The summed E-state index contributed by atoms with van der Waals surface area (Å²) in [4.78, 5) is 32.0. The second kappa shape index (κ2) is 7.64. The summed E-state index contributed by atoms with van der Waals surface area (Å²) in [5.41, 5.74) is 2.22. The maximum Gasteiger partial charge on any atom is 0.271 e. The first-order chi connectivity index (χ1) is 15.2. The molecule has 0 radical (unpaired) electrons. The zero-order chi connectivity index (χ0) is 22.6. The molecule has 0 fully saturated rings. The summed E-state index contributed by atoms with van der Waals surface area (Å²) in [7, 11) is 0. The molecule has 0 saturated heterocycles. The molecule has 7 heteroatoms. The second-order valence-corrected chi connectivity index (χ2v) is 10.4. The van der Waals surface area contributed by atoms with Crippen LogP contribution < -0.4 is 14.9 Å². The van der Waals surface area contributed by atoms with Crippen LogP contribution in [-0.4, -0.2) is 10.4 Å². The molecular formula is C25H20ClFN2O2S. The monoisotopic (exact) mass is 466 g/mol. The molecule has 1 aliphatic carbocycles. The first-order valence-electron chi connectivity index (χ1n) is 10.3. The van der Waals surface area contributed by atoms with Crippen molar-refractivity contribution < 1.29 is 9.18 Å². The van der Waals surface area contributed by atoms with Crippen LogP contribution in [0.15, 0.2) is 69.6 Å². The molecule has 0 bridgehead atoms. The molecule has 0 N–H and O–H groups in total. The zero-order valence-electron chi connectivity index (χ0n) is 17.6. The molecule has 4 nitrogen and oxygen atoms in total. The minimum Gasteiger partial charge on any atom is -0.294 e. The van der Waals surface area contributed by atoms with Gasteiger partial charge in [-0.2, -0.15) is 0 Å². The van der Waals surface area contributed by atoms with E-state index in [2.05, 4.69) is 0 Å². The molecule has 0 spiro atoms. The summed E-state index contributed by atoms with van der Waals surface area (Å²) in [5.74, 6) is -0.389. The summed E-state index contributed by atoms with van der Waals surface area (Å²) in [6.07, 6.45) is 2.77. The topological polar surface area (TPSA) is 51.4 Å². The average Bonchev–Trinajstić information content (AvgIpc) is 3.03. The maximum absolute atomic E-state index is 13.6. The SMILES string of the molecule is CC1(C)CC(=O)C2=C(C1)N=c1sc(=Cc3ccccc3Cl)c(=O)n1C2c1ccc(F)cc1. The highest BCUT2D eigenvalue weighted by molar-refractivity contribution is 7.07. The number of Topliss-reactive ketones (excluding diaryl/α,β-unsaturated/α-hetero) is 1. The molecule has 1 atom stereocenters. The summed E-state index contributed by atoms with van der Waals surface area (Å²) < 4.78 is 15.7. The Kier molecular flexibility index (Phi) is 5.02. The predicted octanol–water partition coefficient (Wildman–Crippen LogP) is 4.40. The van der Waals surface area contributed by atoms with Gasteiger partial charge >= 0.3 is 0 Å². The molecule has 5 rings (SSSR count). The van der Waals surface area contributed by atoms with Crippen LogP contribution in [0.25, 0.3) is 6.08 Å². The molecule has 2 aromatic carbocycles. The average molecular weight is 467 g/mol. The lowest BCUT2D eigenvalue weighted by Crippen LogP contribution is -2.42. The summed E-state index contributed by atoms with van der Waals surface area (Å²) in [5, 5.41) is 0.546. The summed E-state index contributed by atoms with van der Waals surface area (Å²) in [6.45, 7) is 4.09. The van der Waals surface area contributed by atoms with Crippen LogP contribution >= 0.6 is 22.9 Å². The van der Waals surface area contributed by atoms with Crippen molar-refractivity contribution in [2.24, 2.45) is 10.4 Å². The van der Waals surface area contributed by atoms with Gasteiger partial charge in [0.25, 0.3) is 5.56 Å². The number of rotatable bonds is 2. The number of halogens is 2. The lowest BCUT2D eigenvalue weighted by atomic mass is 9.73. The Hall–Kier alpha value is -2.83. The quantitative estimate of drug-likeness (QED) is 0.562. The molecular weight excluding hydrogens is 447 g/mol. The third-order valence-corrected chi connectivity index (χ3v) is 7.20. The highest BCUT2D eigenvalue weighted by atomic mass is 35.5. The molecule has 1 unspecified atom stereocenters. The van der Waals surface area contributed by atoms with Gasteiger partial charge in [-0.15, -0.1) is 0 Å². The van der Waals surface area contributed by atoms with Crippen molar-refractivity contribution in [2.45, 2.75) is 32.7 Å². The van der Waals surface area contributed by atoms with Crippen molar-refractivity contribution in [2.75, 3.05) is 0 Å². The highest BCUT2D eigenvalue weighted by Gasteiger charge is 2.40. The van der Waals surface area contributed by atoms with Crippen molar-refractivity contribution in [3.8, 4) is 0 Å². The van der Waals surface area contributed by atoms with E-state index in [0.29, 0.717) is 44.0 Å². The second-order valence-electron chi connectivity index (χ2n) is 8.96. The number of aromatic nitrogens is 1. The smallest absolute Gasteiger partial charge is 0.271 e. The van der Waals surface area contributed by atoms with Gasteiger partial charge in [0.05, 0.1) is 16.3 Å². The lowest BCUT2D eigenvalue weighted by molar-refractivity contribution is -0.118. The number of benzene rings is 2. The molecule has 2 aliphatic rings. The van der Waals surface area contributed by atoms with Crippen molar-refractivity contribution in [3.05, 3.63) is 101 Å². The maximum atomic E-state index is 13.6. The Labute approximate surface area is 193 Å². The van der Waals surface area contributed by atoms with E-state index in [4.69, 9.17) is 16.6 Å². The fourth-order valence-corrected chi connectivity index (χ4v) is 5.64. The van der Waals surface area contributed by atoms with E-state index in [9.17, 15) is 14.0 Å². The van der Waals surface area contributed by atoms with Crippen molar-refractivity contribution in [1.82, 2.24) is 4.57 Å². The van der Waals surface area contributed by atoms with E-state index < -0.39 is 6.04 Å². The summed E-state index contributed by atoms with van der Waals surface area (Å²) >= 11 is 7.57. The van der Waals surface area contributed by atoms with Crippen molar-refractivity contribution in [3.63, 3.8) is 0 Å². The van der Waals surface area contributed by atoms with E-state index in [0.717, 1.165) is 5.56 Å². The largest absolute Gasteiger partial charge is 0.294 e. The van der Waals surface area contributed by atoms with E-state index in [1.807, 2.05) is 32.0 Å². The van der Waals surface area contributed by atoms with Crippen molar-refractivity contribution in [1.29, 1.82) is 0 Å². The number of thiazole rings is 1. The van der Waals surface area contributed by atoms with E-state index >= 15 is 0 Å². The van der Waals surface area contributed by atoms with Gasteiger partial charge in [0.15, 0.2) is 10.6 Å². The molecule has 2 heterocycles. The zero-order valence-corrected chi connectivity index (χ0v) is 19.1. The molecule has 162 valence electrons.